The Morgan fingerprint density at radius 1 is 1.24 bits per heavy atom. The fourth-order valence-corrected chi connectivity index (χ4v) is 3.00. The number of likely N-dealkylation sites (N-methyl/N-ethyl adjacent to an activating group) is 1. The third-order valence-corrected chi connectivity index (χ3v) is 4.37. The molecule has 0 rings (SSSR count). The van der Waals surface area contributed by atoms with E-state index in [1.807, 2.05) is 14.0 Å². The lowest BCUT2D eigenvalue weighted by molar-refractivity contribution is -0.0710. The van der Waals surface area contributed by atoms with Gasteiger partial charge < -0.3 is 10.1 Å². The van der Waals surface area contributed by atoms with Gasteiger partial charge in [-0.25, -0.2) is 8.42 Å². The summed E-state index contributed by atoms with van der Waals surface area (Å²) in [6.07, 6.45) is 3.64. The molecular formula is C12H27NO3S. The molecule has 0 fully saturated rings. The maximum absolute atomic E-state index is 11.2. The van der Waals surface area contributed by atoms with Crippen LogP contribution in [0.2, 0.25) is 0 Å². The highest BCUT2D eigenvalue weighted by molar-refractivity contribution is 7.90. The zero-order valence-electron chi connectivity index (χ0n) is 11.7. The fourth-order valence-electron chi connectivity index (χ4n) is 2.34. The van der Waals surface area contributed by atoms with E-state index < -0.39 is 9.84 Å². The van der Waals surface area contributed by atoms with E-state index in [0.717, 1.165) is 12.8 Å². The van der Waals surface area contributed by atoms with Crippen molar-refractivity contribution in [1.82, 2.24) is 5.32 Å². The summed E-state index contributed by atoms with van der Waals surface area (Å²) in [6.45, 7) is 6.80. The lowest BCUT2D eigenvalue weighted by Crippen LogP contribution is -2.51. The molecule has 0 bridgehead atoms. The number of rotatable bonds is 9. The lowest BCUT2D eigenvalue weighted by Gasteiger charge is -2.39. The first-order chi connectivity index (χ1) is 7.85. The van der Waals surface area contributed by atoms with Crippen molar-refractivity contribution in [2.75, 3.05) is 25.7 Å². The summed E-state index contributed by atoms with van der Waals surface area (Å²) in [5.74, 6) is 0.202. The van der Waals surface area contributed by atoms with Crippen LogP contribution in [0.3, 0.4) is 0 Å². The molecule has 0 amide bonds. The van der Waals surface area contributed by atoms with E-state index in [2.05, 4.69) is 19.2 Å². The van der Waals surface area contributed by atoms with Crippen molar-refractivity contribution >= 4 is 9.84 Å². The van der Waals surface area contributed by atoms with E-state index in [-0.39, 0.29) is 17.4 Å². The molecule has 1 unspecified atom stereocenters. The Hall–Kier alpha value is -0.130. The van der Waals surface area contributed by atoms with Crippen molar-refractivity contribution < 1.29 is 13.2 Å². The van der Waals surface area contributed by atoms with Gasteiger partial charge in [-0.3, -0.25) is 0 Å². The van der Waals surface area contributed by atoms with Gasteiger partial charge >= 0.3 is 0 Å². The highest BCUT2D eigenvalue weighted by Crippen LogP contribution is 2.27. The minimum absolute atomic E-state index is 0.0761. The first-order valence-electron chi connectivity index (χ1n) is 6.34. The number of nitrogens with one attached hydrogen (secondary N) is 1. The molecule has 0 spiro atoms. The minimum atomic E-state index is -2.92. The van der Waals surface area contributed by atoms with E-state index in [1.54, 1.807) is 0 Å². The predicted molar refractivity (Wildman–Crippen MR) is 72.1 cm³/mol. The Labute approximate surface area is 106 Å². The van der Waals surface area contributed by atoms with Crippen LogP contribution in [0.4, 0.5) is 0 Å². The van der Waals surface area contributed by atoms with Crippen LogP contribution in [0.1, 0.15) is 40.0 Å². The number of hydrogen-bond donors (Lipinski definition) is 1. The van der Waals surface area contributed by atoms with Crippen LogP contribution in [0.15, 0.2) is 0 Å². The van der Waals surface area contributed by atoms with E-state index in [9.17, 15) is 8.42 Å². The molecule has 0 aliphatic carbocycles. The third-order valence-electron chi connectivity index (χ3n) is 3.39. The summed E-state index contributed by atoms with van der Waals surface area (Å²) < 4.78 is 28.4. The maximum atomic E-state index is 11.2. The predicted octanol–water partition coefficient (Wildman–Crippen LogP) is 1.60. The van der Waals surface area contributed by atoms with Crippen LogP contribution >= 0.6 is 0 Å². The van der Waals surface area contributed by atoms with Crippen LogP contribution in [0.5, 0.6) is 0 Å². The maximum Gasteiger partial charge on any atom is 0.147 e. The molecule has 0 aromatic rings. The van der Waals surface area contributed by atoms with Gasteiger partial charge in [0.15, 0.2) is 0 Å². The molecule has 104 valence electrons. The zero-order valence-corrected chi connectivity index (χ0v) is 12.6. The number of ether oxygens (including phenoxy) is 1. The third kappa shape index (κ3) is 5.36. The quantitative estimate of drug-likeness (QED) is 0.688. The van der Waals surface area contributed by atoms with Crippen molar-refractivity contribution in [1.29, 1.82) is 0 Å². The Balaban J connectivity index is 4.78. The molecular weight excluding hydrogens is 238 g/mol. The second-order valence-corrected chi connectivity index (χ2v) is 6.72. The summed E-state index contributed by atoms with van der Waals surface area (Å²) in [4.78, 5) is 0. The lowest BCUT2D eigenvalue weighted by atomic mass is 9.86. The molecule has 0 radical (unpaired) electrons. The SMILES string of the molecule is CCOC(CC)(CC)C(CCS(C)(=O)=O)NC. The topological polar surface area (TPSA) is 55.4 Å². The van der Waals surface area contributed by atoms with E-state index in [4.69, 9.17) is 4.74 Å². The molecule has 17 heavy (non-hydrogen) atoms. The average Bonchev–Trinajstić information content (AvgIpc) is 2.26. The fraction of sp³-hybridized carbons (Fsp3) is 1.00. The van der Waals surface area contributed by atoms with Crippen molar-refractivity contribution in [3.05, 3.63) is 0 Å². The molecule has 1 atom stereocenters. The second kappa shape index (κ2) is 7.34. The van der Waals surface area contributed by atoms with Gasteiger partial charge in [-0.15, -0.1) is 0 Å². The van der Waals surface area contributed by atoms with E-state index in [1.165, 1.54) is 6.26 Å². The summed E-state index contributed by atoms with van der Waals surface area (Å²) in [5, 5.41) is 3.21. The Morgan fingerprint density at radius 2 is 1.76 bits per heavy atom. The molecule has 1 N–H and O–H groups in total. The highest BCUT2D eigenvalue weighted by Gasteiger charge is 2.35. The molecule has 5 heteroatoms. The van der Waals surface area contributed by atoms with Gasteiger partial charge in [0, 0.05) is 18.9 Å². The molecule has 0 saturated carbocycles. The monoisotopic (exact) mass is 265 g/mol. The first-order valence-corrected chi connectivity index (χ1v) is 8.40. The summed E-state index contributed by atoms with van der Waals surface area (Å²) in [7, 11) is -1.05. The molecule has 0 aromatic carbocycles. The van der Waals surface area contributed by atoms with Crippen LogP contribution in [0.25, 0.3) is 0 Å². The van der Waals surface area contributed by atoms with Crippen LogP contribution < -0.4 is 5.32 Å². The summed E-state index contributed by atoms with van der Waals surface area (Å²) >= 11 is 0. The molecule has 0 heterocycles. The Bertz CT molecular complexity index is 297. The average molecular weight is 265 g/mol. The normalized spacial score (nSPS) is 14.9. The van der Waals surface area contributed by atoms with Crippen molar-refractivity contribution in [3.63, 3.8) is 0 Å². The van der Waals surface area contributed by atoms with Crippen molar-refractivity contribution in [3.8, 4) is 0 Å². The molecule has 0 aliphatic heterocycles. The standard InChI is InChI=1S/C12H27NO3S/c1-6-12(7-2,16-8-3)11(13-4)9-10-17(5,14)15/h11,13H,6-10H2,1-5H3. The van der Waals surface area contributed by atoms with Gasteiger partial charge in [-0.05, 0) is 33.2 Å². The van der Waals surface area contributed by atoms with Crippen LogP contribution in [-0.2, 0) is 14.6 Å². The van der Waals surface area contributed by atoms with E-state index >= 15 is 0 Å². The molecule has 0 aromatic heterocycles. The number of hydrogen-bond acceptors (Lipinski definition) is 4. The molecule has 4 nitrogen and oxygen atoms in total. The largest absolute Gasteiger partial charge is 0.374 e. The highest BCUT2D eigenvalue weighted by atomic mass is 32.2. The smallest absolute Gasteiger partial charge is 0.147 e. The van der Waals surface area contributed by atoms with Crippen molar-refractivity contribution in [2.24, 2.45) is 0 Å². The molecule has 0 saturated heterocycles. The van der Waals surface area contributed by atoms with Crippen molar-refractivity contribution in [2.45, 2.75) is 51.7 Å². The van der Waals surface area contributed by atoms with Gasteiger partial charge in [0.05, 0.1) is 11.4 Å². The summed E-state index contributed by atoms with van der Waals surface area (Å²) in [5.41, 5.74) is -0.256. The molecule has 0 aliphatic rings. The Morgan fingerprint density at radius 3 is 2.06 bits per heavy atom. The zero-order chi connectivity index (χ0) is 13.5. The summed E-state index contributed by atoms with van der Waals surface area (Å²) in [6, 6.07) is 0.0761. The Kier molecular flexibility index (Phi) is 7.28. The van der Waals surface area contributed by atoms with Gasteiger partial charge in [-0.2, -0.15) is 0 Å². The first kappa shape index (κ1) is 16.9. The van der Waals surface area contributed by atoms with Gasteiger partial charge in [-0.1, -0.05) is 13.8 Å². The van der Waals surface area contributed by atoms with E-state index in [0.29, 0.717) is 13.0 Å². The van der Waals surface area contributed by atoms with Gasteiger partial charge in [0.25, 0.3) is 0 Å². The van der Waals surface area contributed by atoms with Gasteiger partial charge in [0.1, 0.15) is 9.84 Å². The van der Waals surface area contributed by atoms with Crippen LogP contribution in [-0.4, -0.2) is 45.7 Å². The minimum Gasteiger partial charge on any atom is -0.374 e. The van der Waals surface area contributed by atoms with Crippen LogP contribution in [0, 0.1) is 0 Å². The van der Waals surface area contributed by atoms with Gasteiger partial charge in [0.2, 0.25) is 0 Å². The number of sulfone groups is 1. The second-order valence-electron chi connectivity index (χ2n) is 4.46.